The molecule has 0 atom stereocenters. The molecule has 3 saturated carbocycles. The summed E-state index contributed by atoms with van der Waals surface area (Å²) in [6.07, 6.45) is 1.80. The second-order valence-electron chi connectivity index (χ2n) is 6.20. The molecule has 4 N–H and O–H groups in total. The summed E-state index contributed by atoms with van der Waals surface area (Å²) in [5, 5.41) is 14.5. The first-order chi connectivity index (χ1) is 7.70. The summed E-state index contributed by atoms with van der Waals surface area (Å²) in [7, 11) is 0. The molecule has 96 valence electrons. The first kappa shape index (κ1) is 12.0. The van der Waals surface area contributed by atoms with Gasteiger partial charge in [0.15, 0.2) is 0 Å². The van der Waals surface area contributed by atoms with Crippen molar-refractivity contribution < 1.29 is 14.7 Å². The Labute approximate surface area is 100 Å². The predicted molar refractivity (Wildman–Crippen MR) is 61.8 cm³/mol. The Morgan fingerprint density at radius 1 is 1.41 bits per heavy atom. The van der Waals surface area contributed by atoms with Crippen molar-refractivity contribution in [2.75, 3.05) is 0 Å². The standard InChI is InChI=1S/C11H19N3O3/c1-9(2,3)17-8(15)13-11-4-10(5-11,6-11)7(12)14-16/h16H,4-6H2,1-3H3,(H2,12,14)(H,13,15). The molecular formula is C11H19N3O3. The van der Waals surface area contributed by atoms with E-state index in [-0.39, 0.29) is 16.8 Å². The largest absolute Gasteiger partial charge is 0.444 e. The molecule has 2 bridgehead atoms. The van der Waals surface area contributed by atoms with Crippen molar-refractivity contribution in [2.45, 2.75) is 51.2 Å². The second kappa shape index (κ2) is 3.27. The summed E-state index contributed by atoms with van der Waals surface area (Å²) in [5.74, 6) is 0.269. The lowest BCUT2D eigenvalue weighted by atomic mass is 9.39. The third-order valence-electron chi connectivity index (χ3n) is 3.45. The van der Waals surface area contributed by atoms with Gasteiger partial charge in [-0.25, -0.2) is 4.79 Å². The molecule has 0 spiro atoms. The van der Waals surface area contributed by atoms with Crippen LogP contribution in [-0.4, -0.2) is 28.3 Å². The first-order valence-corrected chi connectivity index (χ1v) is 5.70. The molecule has 1 amide bonds. The molecule has 3 aliphatic rings. The molecule has 0 heterocycles. The van der Waals surface area contributed by atoms with E-state index in [9.17, 15) is 4.79 Å². The Morgan fingerprint density at radius 3 is 2.35 bits per heavy atom. The molecule has 17 heavy (non-hydrogen) atoms. The number of hydrogen-bond donors (Lipinski definition) is 3. The van der Waals surface area contributed by atoms with E-state index in [1.807, 2.05) is 20.8 Å². The summed E-state index contributed by atoms with van der Waals surface area (Å²) in [6.45, 7) is 5.48. The first-order valence-electron chi connectivity index (χ1n) is 5.70. The van der Waals surface area contributed by atoms with E-state index in [2.05, 4.69) is 10.5 Å². The molecule has 3 aliphatic carbocycles. The van der Waals surface area contributed by atoms with Crippen LogP contribution in [0.25, 0.3) is 0 Å². The molecule has 0 unspecified atom stereocenters. The van der Waals surface area contributed by atoms with Crippen LogP contribution in [0.5, 0.6) is 0 Å². The molecule has 3 fully saturated rings. The summed E-state index contributed by atoms with van der Waals surface area (Å²) < 4.78 is 5.19. The topological polar surface area (TPSA) is 96.9 Å². The predicted octanol–water partition coefficient (Wildman–Crippen LogP) is 1.18. The van der Waals surface area contributed by atoms with Gasteiger partial charge in [0, 0.05) is 11.0 Å². The van der Waals surface area contributed by atoms with E-state index in [1.54, 1.807) is 0 Å². The van der Waals surface area contributed by atoms with Crippen LogP contribution in [0.3, 0.4) is 0 Å². The van der Waals surface area contributed by atoms with Crippen LogP contribution in [0.15, 0.2) is 5.16 Å². The van der Waals surface area contributed by atoms with Crippen molar-refractivity contribution in [1.29, 1.82) is 0 Å². The van der Waals surface area contributed by atoms with E-state index >= 15 is 0 Å². The number of oxime groups is 1. The summed E-state index contributed by atoms with van der Waals surface area (Å²) in [4.78, 5) is 11.6. The fourth-order valence-corrected chi connectivity index (χ4v) is 2.82. The average molecular weight is 241 g/mol. The van der Waals surface area contributed by atoms with Crippen LogP contribution in [0.1, 0.15) is 40.0 Å². The summed E-state index contributed by atoms with van der Waals surface area (Å²) in [5.41, 5.74) is 4.72. The van der Waals surface area contributed by atoms with Crippen LogP contribution < -0.4 is 11.1 Å². The number of ether oxygens (including phenoxy) is 1. The maximum absolute atomic E-state index is 11.6. The Balaban J connectivity index is 1.84. The highest BCUT2D eigenvalue weighted by Gasteiger charge is 2.71. The number of hydrogen-bond acceptors (Lipinski definition) is 4. The van der Waals surface area contributed by atoms with E-state index in [4.69, 9.17) is 15.7 Å². The van der Waals surface area contributed by atoms with Crippen LogP contribution >= 0.6 is 0 Å². The van der Waals surface area contributed by atoms with Gasteiger partial charge >= 0.3 is 6.09 Å². The highest BCUT2D eigenvalue weighted by Crippen LogP contribution is 2.67. The van der Waals surface area contributed by atoms with Crippen molar-refractivity contribution in [1.82, 2.24) is 5.32 Å². The quantitative estimate of drug-likeness (QED) is 0.293. The van der Waals surface area contributed by atoms with Gasteiger partial charge in [0.2, 0.25) is 0 Å². The Kier molecular flexibility index (Phi) is 2.31. The molecule has 0 aliphatic heterocycles. The maximum atomic E-state index is 11.6. The zero-order chi connectivity index (χ0) is 12.9. The number of carbonyl (C=O) groups is 1. The molecule has 0 aromatic carbocycles. The molecule has 6 nitrogen and oxygen atoms in total. The number of nitrogens with two attached hydrogens (primary N) is 1. The molecule has 0 aromatic heterocycles. The van der Waals surface area contributed by atoms with Crippen LogP contribution in [0.4, 0.5) is 4.79 Å². The monoisotopic (exact) mass is 241 g/mol. The van der Waals surface area contributed by atoms with Crippen molar-refractivity contribution in [2.24, 2.45) is 16.3 Å². The van der Waals surface area contributed by atoms with Gasteiger partial charge in [0.05, 0.1) is 0 Å². The molecular weight excluding hydrogens is 222 g/mol. The van der Waals surface area contributed by atoms with Crippen molar-refractivity contribution >= 4 is 11.9 Å². The van der Waals surface area contributed by atoms with Crippen LogP contribution in [0.2, 0.25) is 0 Å². The third-order valence-corrected chi connectivity index (χ3v) is 3.45. The van der Waals surface area contributed by atoms with Gasteiger partial charge in [0.1, 0.15) is 11.4 Å². The zero-order valence-corrected chi connectivity index (χ0v) is 10.4. The summed E-state index contributed by atoms with van der Waals surface area (Å²) >= 11 is 0. The molecule has 0 aromatic rings. The molecule has 6 heteroatoms. The molecule has 0 radical (unpaired) electrons. The van der Waals surface area contributed by atoms with Gasteiger partial charge in [0.25, 0.3) is 0 Å². The fourth-order valence-electron chi connectivity index (χ4n) is 2.82. The highest BCUT2D eigenvalue weighted by atomic mass is 16.6. The minimum absolute atomic E-state index is 0.191. The van der Waals surface area contributed by atoms with E-state index in [1.165, 1.54) is 0 Å². The number of alkyl carbamates (subject to hydrolysis) is 1. The van der Waals surface area contributed by atoms with E-state index < -0.39 is 11.7 Å². The Bertz CT molecular complexity index is 364. The van der Waals surface area contributed by atoms with Crippen molar-refractivity contribution in [3.8, 4) is 0 Å². The number of amidine groups is 1. The SMILES string of the molecule is CC(C)(C)OC(=O)NC12CC(/C(N)=N/O)(C1)C2. The number of nitrogens with zero attached hydrogens (tertiary/aromatic N) is 1. The number of rotatable bonds is 2. The summed E-state index contributed by atoms with van der Waals surface area (Å²) in [6, 6.07) is 0. The number of carbonyl (C=O) groups excluding carboxylic acids is 1. The highest BCUT2D eigenvalue weighted by molar-refractivity contribution is 5.90. The van der Waals surface area contributed by atoms with Crippen molar-refractivity contribution in [3.63, 3.8) is 0 Å². The minimum Gasteiger partial charge on any atom is -0.444 e. The van der Waals surface area contributed by atoms with E-state index in [0.717, 1.165) is 19.3 Å². The lowest BCUT2D eigenvalue weighted by molar-refractivity contribution is -0.101. The number of amides is 1. The molecule has 0 saturated heterocycles. The third kappa shape index (κ3) is 1.92. The van der Waals surface area contributed by atoms with Gasteiger partial charge in [-0.05, 0) is 40.0 Å². The Hall–Kier alpha value is -1.46. The van der Waals surface area contributed by atoms with Gasteiger partial charge in [-0.1, -0.05) is 5.16 Å². The normalized spacial score (nSPS) is 35.6. The Morgan fingerprint density at radius 2 is 1.94 bits per heavy atom. The van der Waals surface area contributed by atoms with Gasteiger partial charge in [-0.2, -0.15) is 0 Å². The fraction of sp³-hybridized carbons (Fsp3) is 0.818. The average Bonchev–Trinajstić information content (AvgIpc) is 2.04. The van der Waals surface area contributed by atoms with Crippen molar-refractivity contribution in [3.05, 3.63) is 0 Å². The van der Waals surface area contributed by atoms with Crippen LogP contribution in [0, 0.1) is 5.41 Å². The smallest absolute Gasteiger partial charge is 0.408 e. The minimum atomic E-state index is -0.489. The van der Waals surface area contributed by atoms with Gasteiger partial charge in [-0.15, -0.1) is 0 Å². The lowest BCUT2D eigenvalue weighted by Gasteiger charge is -2.69. The second-order valence-corrected chi connectivity index (χ2v) is 6.20. The lowest BCUT2D eigenvalue weighted by Crippen LogP contribution is -2.78. The van der Waals surface area contributed by atoms with Gasteiger partial charge < -0.3 is 21.0 Å². The van der Waals surface area contributed by atoms with E-state index in [0.29, 0.717) is 0 Å². The molecule has 3 rings (SSSR count). The maximum Gasteiger partial charge on any atom is 0.408 e. The zero-order valence-electron chi connectivity index (χ0n) is 10.4. The number of nitrogens with one attached hydrogen (secondary N) is 1. The van der Waals surface area contributed by atoms with Crippen LogP contribution in [-0.2, 0) is 4.74 Å². The van der Waals surface area contributed by atoms with Gasteiger partial charge in [-0.3, -0.25) is 0 Å².